The number of rotatable bonds is 3. The molecule has 0 radical (unpaired) electrons. The van der Waals surface area contributed by atoms with Crippen LogP contribution in [0.4, 0.5) is 0 Å². The van der Waals surface area contributed by atoms with E-state index >= 15 is 0 Å². The third kappa shape index (κ3) is 2.25. The van der Waals surface area contributed by atoms with Crippen molar-refractivity contribution in [1.29, 1.82) is 0 Å². The molecule has 1 unspecified atom stereocenters. The van der Waals surface area contributed by atoms with Gasteiger partial charge in [-0.25, -0.2) is 0 Å². The number of carbonyl (C=O) groups is 2. The van der Waals surface area contributed by atoms with Crippen molar-refractivity contribution >= 4 is 18.0 Å². The number of carboxylic acid groups (broad SMARTS) is 1. The second kappa shape index (κ2) is 3.60. The van der Waals surface area contributed by atoms with Crippen LogP contribution in [-0.4, -0.2) is 28.3 Å². The summed E-state index contributed by atoms with van der Waals surface area (Å²) in [5.74, 6) is -3.21. The van der Waals surface area contributed by atoms with Gasteiger partial charge < -0.3 is 10.3 Å². The highest BCUT2D eigenvalue weighted by Gasteiger charge is 2.19. The number of carbonyl (C=O) groups excluding carboxylic acids is 1. The average molecular weight is 145 g/mol. The molecule has 10 heavy (non-hydrogen) atoms. The van der Waals surface area contributed by atoms with Crippen molar-refractivity contribution in [1.82, 2.24) is 0 Å². The van der Waals surface area contributed by atoms with Gasteiger partial charge in [0.25, 0.3) is 0 Å². The number of ketones is 1. The maximum atomic E-state index is 10.4. The molecule has 0 aliphatic carbocycles. The van der Waals surface area contributed by atoms with Crippen molar-refractivity contribution in [2.75, 3.05) is 0 Å². The summed E-state index contributed by atoms with van der Waals surface area (Å²) in [5, 5.41) is 18.6. The Balaban J connectivity index is 4.27. The third-order valence-electron chi connectivity index (χ3n) is 0.920. The fraction of sp³-hybridized carbons (Fsp3) is 0.400. The van der Waals surface area contributed by atoms with E-state index in [-0.39, 0.29) is 0 Å². The van der Waals surface area contributed by atoms with Crippen LogP contribution in [-0.2, 0) is 9.59 Å². The van der Waals surface area contributed by atoms with Gasteiger partial charge in [0.2, 0.25) is 0 Å². The van der Waals surface area contributed by atoms with E-state index in [4.69, 9.17) is 10.3 Å². The van der Waals surface area contributed by atoms with Crippen molar-refractivity contribution < 1.29 is 19.9 Å². The smallest absolute Gasteiger partial charge is 0.319 e. The van der Waals surface area contributed by atoms with Gasteiger partial charge in [0.05, 0.1) is 6.21 Å². The quantitative estimate of drug-likeness (QED) is 0.248. The van der Waals surface area contributed by atoms with Crippen molar-refractivity contribution in [2.45, 2.75) is 6.92 Å². The maximum absolute atomic E-state index is 10.4. The molecule has 0 heterocycles. The van der Waals surface area contributed by atoms with Gasteiger partial charge in [-0.05, 0) is 6.92 Å². The fourth-order valence-corrected chi connectivity index (χ4v) is 0.409. The molecule has 5 nitrogen and oxygen atoms in total. The first-order chi connectivity index (χ1) is 4.59. The molecule has 2 N–H and O–H groups in total. The van der Waals surface area contributed by atoms with Gasteiger partial charge in [-0.1, -0.05) is 0 Å². The molecular weight excluding hydrogens is 138 g/mol. The minimum atomic E-state index is -1.33. The number of nitrogens with zero attached hydrogens (tertiary/aromatic N) is 1. The van der Waals surface area contributed by atoms with E-state index in [0.29, 0.717) is 6.21 Å². The van der Waals surface area contributed by atoms with Gasteiger partial charge >= 0.3 is 5.97 Å². The summed E-state index contributed by atoms with van der Waals surface area (Å²) >= 11 is 0. The van der Waals surface area contributed by atoms with Crippen LogP contribution in [0.5, 0.6) is 0 Å². The first-order valence-electron chi connectivity index (χ1n) is 2.50. The zero-order valence-electron chi connectivity index (χ0n) is 5.31. The van der Waals surface area contributed by atoms with Gasteiger partial charge in [-0.15, -0.1) is 5.16 Å². The van der Waals surface area contributed by atoms with Crippen LogP contribution in [0.25, 0.3) is 0 Å². The van der Waals surface area contributed by atoms with Gasteiger partial charge in [0.15, 0.2) is 5.92 Å². The molecule has 0 amide bonds. The number of hydrogen-bond donors (Lipinski definition) is 2. The molecule has 0 rings (SSSR count). The highest BCUT2D eigenvalue weighted by molar-refractivity contribution is 6.10. The van der Waals surface area contributed by atoms with Crippen LogP contribution in [0.1, 0.15) is 6.92 Å². The Labute approximate surface area is 57.0 Å². The molecule has 0 saturated heterocycles. The van der Waals surface area contributed by atoms with E-state index < -0.39 is 17.7 Å². The predicted octanol–water partition coefficient (Wildman–Crippen LogP) is -0.264. The van der Waals surface area contributed by atoms with Crippen LogP contribution < -0.4 is 0 Å². The predicted molar refractivity (Wildman–Crippen MR) is 32.1 cm³/mol. The Kier molecular flexibility index (Phi) is 3.10. The molecule has 5 heteroatoms. The lowest BCUT2D eigenvalue weighted by Gasteiger charge is -1.97. The number of carboxylic acids is 1. The van der Waals surface area contributed by atoms with Crippen molar-refractivity contribution in [3.8, 4) is 0 Å². The molecule has 0 aliphatic rings. The average Bonchev–Trinajstić information content (AvgIpc) is 1.81. The summed E-state index contributed by atoms with van der Waals surface area (Å²) < 4.78 is 0. The van der Waals surface area contributed by atoms with E-state index in [0.717, 1.165) is 6.92 Å². The lowest BCUT2D eigenvalue weighted by molar-refractivity contribution is -0.142. The summed E-state index contributed by atoms with van der Waals surface area (Å²) in [6, 6.07) is 0. The molecule has 0 aromatic carbocycles. The largest absolute Gasteiger partial charge is 0.480 e. The minimum absolute atomic E-state index is 0.565. The van der Waals surface area contributed by atoms with Crippen molar-refractivity contribution in [3.05, 3.63) is 0 Å². The molecule has 0 saturated carbocycles. The van der Waals surface area contributed by atoms with E-state index in [1.165, 1.54) is 0 Å². The second-order valence-electron chi connectivity index (χ2n) is 1.69. The lowest BCUT2D eigenvalue weighted by Crippen LogP contribution is -2.22. The highest BCUT2D eigenvalue weighted by Crippen LogP contribution is 1.93. The molecule has 0 aromatic heterocycles. The van der Waals surface area contributed by atoms with E-state index in [2.05, 4.69) is 5.16 Å². The van der Waals surface area contributed by atoms with Gasteiger partial charge in [-0.3, -0.25) is 9.59 Å². The van der Waals surface area contributed by atoms with Gasteiger partial charge in [0.1, 0.15) is 5.78 Å². The first-order valence-corrected chi connectivity index (χ1v) is 2.50. The molecule has 56 valence electrons. The van der Waals surface area contributed by atoms with Crippen LogP contribution in [0, 0.1) is 5.92 Å². The third-order valence-corrected chi connectivity index (χ3v) is 0.920. The van der Waals surface area contributed by atoms with Crippen LogP contribution in [0.3, 0.4) is 0 Å². The van der Waals surface area contributed by atoms with E-state index in [1.54, 1.807) is 0 Å². The molecular formula is C5H7NO4. The Morgan fingerprint density at radius 1 is 1.60 bits per heavy atom. The second-order valence-corrected chi connectivity index (χ2v) is 1.69. The van der Waals surface area contributed by atoms with Crippen molar-refractivity contribution in [3.63, 3.8) is 0 Å². The van der Waals surface area contributed by atoms with Gasteiger partial charge in [0, 0.05) is 0 Å². The summed E-state index contributed by atoms with van der Waals surface area (Å²) in [7, 11) is 0. The standard InChI is InChI=1S/C5H7NO4/c1-3(7)4(2-6-10)5(8)9/h2,4,10H,1H3,(H,8,9). The fourth-order valence-electron chi connectivity index (χ4n) is 0.409. The minimum Gasteiger partial charge on any atom is -0.480 e. The van der Waals surface area contributed by atoms with Crippen LogP contribution >= 0.6 is 0 Å². The normalized spacial score (nSPS) is 13.3. The molecule has 0 bridgehead atoms. The molecule has 0 fully saturated rings. The van der Waals surface area contributed by atoms with Crippen molar-refractivity contribution in [2.24, 2.45) is 11.1 Å². The Bertz CT molecular complexity index is 160. The topological polar surface area (TPSA) is 87.0 Å². The van der Waals surface area contributed by atoms with Crippen LogP contribution in [0.2, 0.25) is 0 Å². The summed E-state index contributed by atoms with van der Waals surface area (Å²) in [6.07, 6.45) is 0.671. The molecule has 0 aromatic rings. The zero-order chi connectivity index (χ0) is 8.15. The Hall–Kier alpha value is -1.39. The Morgan fingerprint density at radius 2 is 2.10 bits per heavy atom. The first kappa shape index (κ1) is 8.61. The number of aliphatic carboxylic acids is 1. The summed E-state index contributed by atoms with van der Waals surface area (Å²) in [5.41, 5.74) is 0. The lowest BCUT2D eigenvalue weighted by atomic mass is 10.1. The van der Waals surface area contributed by atoms with Crippen LogP contribution in [0.15, 0.2) is 5.16 Å². The Morgan fingerprint density at radius 3 is 2.20 bits per heavy atom. The number of Topliss-reactive ketones (excluding diaryl/α,β-unsaturated/α-hetero) is 1. The summed E-state index contributed by atoms with van der Waals surface area (Å²) in [6.45, 7) is 1.11. The number of hydrogen-bond acceptors (Lipinski definition) is 4. The van der Waals surface area contributed by atoms with E-state index in [9.17, 15) is 9.59 Å². The monoisotopic (exact) mass is 145 g/mol. The molecule has 0 spiro atoms. The maximum Gasteiger partial charge on any atom is 0.319 e. The number of oxime groups is 1. The SMILES string of the molecule is CC(=O)C(C=NO)C(=O)O. The molecule has 1 atom stereocenters. The van der Waals surface area contributed by atoms with E-state index in [1.807, 2.05) is 0 Å². The zero-order valence-corrected chi connectivity index (χ0v) is 5.31. The molecule has 0 aliphatic heterocycles. The van der Waals surface area contributed by atoms with Gasteiger partial charge in [-0.2, -0.15) is 0 Å². The highest BCUT2D eigenvalue weighted by atomic mass is 16.4. The summed E-state index contributed by atoms with van der Waals surface area (Å²) in [4.78, 5) is 20.5.